The molecule has 0 aliphatic heterocycles. The summed E-state index contributed by atoms with van der Waals surface area (Å²) in [5, 5.41) is 1.91. The highest BCUT2D eigenvalue weighted by molar-refractivity contribution is 7.15. The van der Waals surface area contributed by atoms with E-state index in [-0.39, 0.29) is 18.1 Å². The molecule has 0 aromatic carbocycles. The zero-order valence-corrected chi connectivity index (χ0v) is 11.6. The number of aromatic nitrogens is 3. The smallest absolute Gasteiger partial charge is 0.360 e. The zero-order chi connectivity index (χ0) is 14.1. The summed E-state index contributed by atoms with van der Waals surface area (Å²) in [6.45, 7) is 2.03. The van der Waals surface area contributed by atoms with Crippen LogP contribution in [0, 0.1) is 0 Å². The first kappa shape index (κ1) is 12.6. The van der Waals surface area contributed by atoms with Crippen LogP contribution in [0.3, 0.4) is 0 Å². The molecule has 0 aliphatic rings. The maximum atomic E-state index is 11.8. The summed E-state index contributed by atoms with van der Waals surface area (Å²) in [6.07, 6.45) is 1.71. The van der Waals surface area contributed by atoms with Crippen molar-refractivity contribution in [1.29, 1.82) is 0 Å². The molecule has 3 aromatic rings. The number of hydrogen-bond donors (Lipinski definition) is 1. The normalized spacial score (nSPS) is 10.8. The lowest BCUT2D eigenvalue weighted by Crippen LogP contribution is -2.08. The van der Waals surface area contributed by atoms with Gasteiger partial charge in [0.2, 0.25) is 0 Å². The summed E-state index contributed by atoms with van der Waals surface area (Å²) in [7, 11) is 0. The maximum absolute atomic E-state index is 11.8. The summed E-state index contributed by atoms with van der Waals surface area (Å²) in [6, 6.07) is 5.62. The van der Waals surface area contributed by atoms with Gasteiger partial charge in [-0.25, -0.2) is 9.78 Å². The first-order valence-corrected chi connectivity index (χ1v) is 6.94. The van der Waals surface area contributed by atoms with Crippen molar-refractivity contribution in [3.05, 3.63) is 35.5 Å². The average molecular weight is 288 g/mol. The van der Waals surface area contributed by atoms with Gasteiger partial charge in [-0.3, -0.25) is 9.38 Å². The Morgan fingerprint density at radius 2 is 2.35 bits per heavy atom. The number of ether oxygens (including phenoxy) is 1. The number of esters is 1. The molecule has 0 saturated carbocycles. The predicted octanol–water partition coefficient (Wildman–Crippen LogP) is 2.22. The molecule has 0 fully saturated rings. The predicted molar refractivity (Wildman–Crippen MR) is 76.7 cm³/mol. The number of anilines is 1. The Kier molecular flexibility index (Phi) is 3.11. The Morgan fingerprint density at radius 3 is 3.05 bits per heavy atom. The Labute approximate surface area is 118 Å². The number of carbonyl (C=O) groups excluding carboxylic acids is 1. The number of nitrogen functional groups attached to an aromatic ring is 1. The molecule has 0 spiro atoms. The number of imidazole rings is 1. The van der Waals surface area contributed by atoms with Crippen molar-refractivity contribution >= 4 is 28.1 Å². The van der Waals surface area contributed by atoms with Gasteiger partial charge in [-0.05, 0) is 19.1 Å². The van der Waals surface area contributed by atoms with Crippen molar-refractivity contribution in [2.75, 3.05) is 12.3 Å². The number of nitrogens with two attached hydrogens (primary N) is 1. The molecule has 2 N–H and O–H groups in total. The Hall–Kier alpha value is -2.41. The lowest BCUT2D eigenvalue weighted by atomic mass is 10.3. The second-order valence-corrected chi connectivity index (χ2v) is 4.86. The highest BCUT2D eigenvalue weighted by Gasteiger charge is 2.21. The van der Waals surface area contributed by atoms with E-state index in [2.05, 4.69) is 9.97 Å². The molecule has 3 heterocycles. The van der Waals surface area contributed by atoms with Crippen molar-refractivity contribution in [3.63, 3.8) is 0 Å². The van der Waals surface area contributed by atoms with E-state index in [0.29, 0.717) is 4.96 Å². The van der Waals surface area contributed by atoms with E-state index >= 15 is 0 Å². The fourth-order valence-electron chi connectivity index (χ4n) is 1.92. The molecule has 6 nitrogen and oxygen atoms in total. The van der Waals surface area contributed by atoms with Crippen LogP contribution in [0.25, 0.3) is 16.3 Å². The van der Waals surface area contributed by atoms with Gasteiger partial charge in [0, 0.05) is 11.6 Å². The van der Waals surface area contributed by atoms with Crippen LogP contribution in [-0.2, 0) is 4.74 Å². The number of nitrogens with zero attached hydrogens (tertiary/aromatic N) is 3. The highest BCUT2D eigenvalue weighted by atomic mass is 32.1. The Bertz CT molecular complexity index is 763. The molecule has 7 heteroatoms. The number of thiazole rings is 1. The molecule has 3 rings (SSSR count). The molecule has 0 atom stereocenters. The molecule has 0 bridgehead atoms. The molecule has 0 amide bonds. The van der Waals surface area contributed by atoms with E-state index in [0.717, 1.165) is 11.4 Å². The maximum Gasteiger partial charge on any atom is 0.360 e. The first-order valence-electron chi connectivity index (χ1n) is 6.06. The summed E-state index contributed by atoms with van der Waals surface area (Å²) in [5.74, 6) is -0.228. The third kappa shape index (κ3) is 1.92. The van der Waals surface area contributed by atoms with Crippen molar-refractivity contribution in [2.45, 2.75) is 6.92 Å². The number of hydrogen-bond acceptors (Lipinski definition) is 6. The zero-order valence-electron chi connectivity index (χ0n) is 10.7. The fraction of sp³-hybridized carbons (Fsp3) is 0.154. The molecule has 0 aliphatic carbocycles. The van der Waals surface area contributed by atoms with Crippen LogP contribution in [0.1, 0.15) is 17.4 Å². The van der Waals surface area contributed by atoms with Crippen molar-refractivity contribution in [2.24, 2.45) is 0 Å². The van der Waals surface area contributed by atoms with Crippen LogP contribution in [0.2, 0.25) is 0 Å². The van der Waals surface area contributed by atoms with Gasteiger partial charge in [-0.1, -0.05) is 6.07 Å². The first-order chi connectivity index (χ1) is 9.72. The van der Waals surface area contributed by atoms with Crippen LogP contribution < -0.4 is 5.73 Å². The topological polar surface area (TPSA) is 82.5 Å². The highest BCUT2D eigenvalue weighted by Crippen LogP contribution is 2.29. The van der Waals surface area contributed by atoms with Crippen molar-refractivity contribution in [3.8, 4) is 11.4 Å². The van der Waals surface area contributed by atoms with Gasteiger partial charge in [0.25, 0.3) is 0 Å². The number of pyridine rings is 1. The van der Waals surface area contributed by atoms with Gasteiger partial charge in [0.15, 0.2) is 10.7 Å². The molecule has 102 valence electrons. The van der Waals surface area contributed by atoms with Gasteiger partial charge in [0.1, 0.15) is 5.82 Å². The van der Waals surface area contributed by atoms with Gasteiger partial charge in [-0.2, -0.15) is 0 Å². The van der Waals surface area contributed by atoms with Crippen molar-refractivity contribution in [1.82, 2.24) is 14.4 Å². The molecule has 20 heavy (non-hydrogen) atoms. The second kappa shape index (κ2) is 4.93. The van der Waals surface area contributed by atoms with Crippen LogP contribution >= 0.6 is 11.3 Å². The minimum absolute atomic E-state index is 0.149. The Balaban J connectivity index is 2.15. The second-order valence-electron chi connectivity index (χ2n) is 4.02. The third-order valence-electron chi connectivity index (χ3n) is 2.80. The lowest BCUT2D eigenvalue weighted by molar-refractivity contribution is 0.0521. The van der Waals surface area contributed by atoms with Gasteiger partial charge < -0.3 is 10.5 Å². The minimum atomic E-state index is -0.507. The van der Waals surface area contributed by atoms with E-state index in [4.69, 9.17) is 10.5 Å². The Morgan fingerprint density at radius 1 is 1.50 bits per heavy atom. The molecule has 3 aromatic heterocycles. The summed E-state index contributed by atoms with van der Waals surface area (Å²) >= 11 is 1.40. The monoisotopic (exact) mass is 288 g/mol. The third-order valence-corrected chi connectivity index (χ3v) is 3.62. The SMILES string of the molecule is CCOC(=O)c1nc2scc(-c3ccccn3)n2c1N. The van der Waals surface area contributed by atoms with Gasteiger partial charge >= 0.3 is 5.97 Å². The van der Waals surface area contributed by atoms with Crippen LogP contribution in [0.4, 0.5) is 5.82 Å². The minimum Gasteiger partial charge on any atom is -0.461 e. The summed E-state index contributed by atoms with van der Waals surface area (Å²) in [4.78, 5) is 21.0. The van der Waals surface area contributed by atoms with E-state index in [1.165, 1.54) is 11.3 Å². The van der Waals surface area contributed by atoms with Crippen LogP contribution in [0.15, 0.2) is 29.8 Å². The average Bonchev–Trinajstić information content (AvgIpc) is 3.01. The fourth-order valence-corrected chi connectivity index (χ4v) is 2.81. The molecular weight excluding hydrogens is 276 g/mol. The molecule has 0 saturated heterocycles. The van der Waals surface area contributed by atoms with Crippen LogP contribution in [0.5, 0.6) is 0 Å². The number of rotatable bonds is 3. The largest absolute Gasteiger partial charge is 0.461 e. The van der Waals surface area contributed by atoms with Gasteiger partial charge in [-0.15, -0.1) is 11.3 Å². The lowest BCUT2D eigenvalue weighted by Gasteiger charge is -2.02. The van der Waals surface area contributed by atoms with Crippen molar-refractivity contribution < 1.29 is 9.53 Å². The van der Waals surface area contributed by atoms with E-state index in [1.54, 1.807) is 17.5 Å². The van der Waals surface area contributed by atoms with Crippen LogP contribution in [-0.4, -0.2) is 26.9 Å². The number of carbonyl (C=O) groups is 1. The molecule has 0 unspecified atom stereocenters. The quantitative estimate of drug-likeness (QED) is 0.747. The number of fused-ring (bicyclic) bond motifs is 1. The van der Waals surface area contributed by atoms with E-state index in [1.807, 2.05) is 23.6 Å². The molecular formula is C13H12N4O2S. The van der Waals surface area contributed by atoms with Gasteiger partial charge in [0.05, 0.1) is 18.0 Å². The summed E-state index contributed by atoms with van der Waals surface area (Å²) < 4.78 is 6.67. The summed E-state index contributed by atoms with van der Waals surface area (Å²) in [5.41, 5.74) is 7.77. The molecule has 0 radical (unpaired) electrons. The van der Waals surface area contributed by atoms with E-state index < -0.39 is 5.97 Å². The standard InChI is InChI=1S/C13H12N4O2S/c1-2-19-12(18)10-11(14)17-9(7-20-13(17)16-10)8-5-3-4-6-15-8/h3-7H,2,14H2,1H3. The van der Waals surface area contributed by atoms with E-state index in [9.17, 15) is 4.79 Å².